The van der Waals surface area contributed by atoms with Crippen molar-refractivity contribution in [3.63, 3.8) is 0 Å². The van der Waals surface area contributed by atoms with E-state index in [1.54, 1.807) is 0 Å². The van der Waals surface area contributed by atoms with E-state index in [9.17, 15) is 18.0 Å². The molecule has 1 heterocycles. The summed E-state index contributed by atoms with van der Waals surface area (Å²) in [7, 11) is 0. The number of aromatic nitrogens is 1. The number of nitrogens with one attached hydrogen (secondary N) is 1. The second-order valence-corrected chi connectivity index (χ2v) is 2.58. The first kappa shape index (κ1) is 10.1. The third-order valence-corrected chi connectivity index (χ3v) is 1.73. The lowest BCUT2D eigenvalue weighted by atomic mass is 10.2. The minimum absolute atomic E-state index is 0.184. The van der Waals surface area contributed by atoms with Crippen LogP contribution >= 0.6 is 11.6 Å². The zero-order chi connectivity index (χ0) is 10.0. The first-order valence-electron chi connectivity index (χ1n) is 3.32. The molecule has 1 aromatic heterocycles. The lowest BCUT2D eigenvalue weighted by molar-refractivity contribution is 0.149. The van der Waals surface area contributed by atoms with Crippen LogP contribution in [-0.2, 0) is 5.88 Å². The summed E-state index contributed by atoms with van der Waals surface area (Å²) in [6.07, 6.45) is -2.98. The van der Waals surface area contributed by atoms with Gasteiger partial charge < -0.3 is 4.98 Å². The van der Waals surface area contributed by atoms with E-state index in [0.29, 0.717) is 6.07 Å². The molecular weight excluding hydrogens is 207 g/mol. The molecule has 6 heteroatoms. The highest BCUT2D eigenvalue weighted by Gasteiger charge is 2.15. The highest BCUT2D eigenvalue weighted by molar-refractivity contribution is 6.16. The molecule has 2 nitrogen and oxygen atoms in total. The fraction of sp³-hybridized carbons (Fsp3) is 0.286. The molecule has 0 saturated carbocycles. The summed E-state index contributed by atoms with van der Waals surface area (Å²) >= 11 is 5.24. The largest absolute Gasteiger partial charge is 0.322 e. The number of halogens is 4. The van der Waals surface area contributed by atoms with Crippen LogP contribution in [0.2, 0.25) is 0 Å². The van der Waals surface area contributed by atoms with Crippen molar-refractivity contribution < 1.29 is 13.2 Å². The van der Waals surface area contributed by atoms with Gasteiger partial charge in [-0.1, -0.05) is 0 Å². The molecule has 0 fully saturated rings. The Morgan fingerprint density at radius 2 is 2.15 bits per heavy atom. The number of rotatable bonds is 2. The molecule has 13 heavy (non-hydrogen) atoms. The predicted octanol–water partition coefficient (Wildman–Crippen LogP) is 2.19. The Balaban J connectivity index is 3.29. The average molecular weight is 212 g/mol. The van der Waals surface area contributed by atoms with Crippen molar-refractivity contribution in [3.8, 4) is 0 Å². The Morgan fingerprint density at radius 1 is 1.54 bits per heavy atom. The van der Waals surface area contributed by atoms with Gasteiger partial charge in [0.2, 0.25) is 0 Å². The molecule has 1 rings (SSSR count). The van der Waals surface area contributed by atoms with Gasteiger partial charge in [0.15, 0.2) is 0 Å². The third kappa shape index (κ3) is 2.03. The van der Waals surface area contributed by atoms with E-state index in [4.69, 9.17) is 11.6 Å². The molecule has 0 atom stereocenters. The van der Waals surface area contributed by atoms with Crippen LogP contribution < -0.4 is 5.56 Å². The van der Waals surface area contributed by atoms with Gasteiger partial charge in [-0.05, 0) is 6.07 Å². The van der Waals surface area contributed by atoms with Crippen molar-refractivity contribution in [1.82, 2.24) is 4.98 Å². The summed E-state index contributed by atoms with van der Waals surface area (Å²) in [5.41, 5.74) is -2.07. The van der Waals surface area contributed by atoms with Gasteiger partial charge in [0, 0.05) is 0 Å². The molecule has 0 spiro atoms. The topological polar surface area (TPSA) is 32.9 Å². The van der Waals surface area contributed by atoms with Crippen molar-refractivity contribution in [2.24, 2.45) is 0 Å². The van der Waals surface area contributed by atoms with Crippen molar-refractivity contribution in [2.45, 2.75) is 12.3 Å². The van der Waals surface area contributed by atoms with E-state index >= 15 is 0 Å². The maximum absolute atomic E-state index is 12.8. The first-order chi connectivity index (χ1) is 6.06. The van der Waals surface area contributed by atoms with E-state index in [2.05, 4.69) is 0 Å². The number of hydrogen-bond donors (Lipinski definition) is 1. The molecule has 0 radical (unpaired) electrons. The van der Waals surface area contributed by atoms with Gasteiger partial charge in [-0.2, -0.15) is 0 Å². The van der Waals surface area contributed by atoms with E-state index in [1.165, 1.54) is 0 Å². The maximum atomic E-state index is 12.8. The van der Waals surface area contributed by atoms with Crippen LogP contribution in [0.1, 0.15) is 17.7 Å². The molecule has 1 aromatic rings. The monoisotopic (exact) mass is 211 g/mol. The zero-order valence-electron chi connectivity index (χ0n) is 6.28. The highest BCUT2D eigenvalue weighted by atomic mass is 35.5. The maximum Gasteiger partial charge on any atom is 0.269 e. The average Bonchev–Trinajstić information content (AvgIpc) is 2.07. The Labute approximate surface area is 76.3 Å². The number of pyridine rings is 1. The Hall–Kier alpha value is -0.970. The highest BCUT2D eigenvalue weighted by Crippen LogP contribution is 2.16. The molecule has 0 aromatic carbocycles. The molecule has 0 aliphatic heterocycles. The fourth-order valence-corrected chi connectivity index (χ4v) is 1.01. The first-order valence-corrected chi connectivity index (χ1v) is 3.85. The molecule has 0 bridgehead atoms. The normalized spacial score (nSPS) is 10.8. The second kappa shape index (κ2) is 3.83. The predicted molar refractivity (Wildman–Crippen MR) is 41.5 cm³/mol. The second-order valence-electron chi connectivity index (χ2n) is 2.31. The minimum atomic E-state index is -2.98. The van der Waals surface area contributed by atoms with Gasteiger partial charge in [0.1, 0.15) is 5.82 Å². The van der Waals surface area contributed by atoms with Gasteiger partial charge in [0.25, 0.3) is 12.0 Å². The molecule has 0 amide bonds. The number of hydrogen-bond acceptors (Lipinski definition) is 1. The molecule has 0 aliphatic rings. The summed E-state index contributed by atoms with van der Waals surface area (Å²) in [5, 5.41) is 0. The SMILES string of the molecule is O=c1[nH]c(CCl)c(F)cc1C(F)F. The summed E-state index contributed by atoms with van der Waals surface area (Å²) in [6, 6.07) is 0.501. The zero-order valence-corrected chi connectivity index (χ0v) is 7.04. The van der Waals surface area contributed by atoms with Gasteiger partial charge in [-0.15, -0.1) is 11.6 Å². The molecular formula is C7H5ClF3NO. The van der Waals surface area contributed by atoms with E-state index in [0.717, 1.165) is 0 Å². The van der Waals surface area contributed by atoms with E-state index in [-0.39, 0.29) is 11.6 Å². The molecule has 0 unspecified atom stereocenters. The summed E-state index contributed by atoms with van der Waals surface area (Å²) in [4.78, 5) is 12.8. The van der Waals surface area contributed by atoms with Crippen molar-refractivity contribution >= 4 is 11.6 Å². The lowest BCUT2D eigenvalue weighted by Gasteiger charge is -2.01. The Kier molecular flexibility index (Phi) is 2.98. The van der Waals surface area contributed by atoms with Gasteiger partial charge >= 0.3 is 0 Å². The van der Waals surface area contributed by atoms with Crippen molar-refractivity contribution in [2.75, 3.05) is 0 Å². The van der Waals surface area contributed by atoms with Crippen molar-refractivity contribution in [1.29, 1.82) is 0 Å². The molecule has 0 saturated heterocycles. The number of H-pyrrole nitrogens is 1. The van der Waals surface area contributed by atoms with Crippen LogP contribution in [-0.4, -0.2) is 4.98 Å². The Morgan fingerprint density at radius 3 is 2.62 bits per heavy atom. The fourth-order valence-electron chi connectivity index (χ4n) is 0.817. The van der Waals surface area contributed by atoms with Gasteiger partial charge in [-0.3, -0.25) is 4.79 Å². The van der Waals surface area contributed by atoms with Crippen LogP contribution in [0, 0.1) is 5.82 Å². The Bertz CT molecular complexity index is 363. The third-order valence-electron chi connectivity index (χ3n) is 1.47. The minimum Gasteiger partial charge on any atom is -0.322 e. The molecule has 72 valence electrons. The van der Waals surface area contributed by atoms with Crippen LogP contribution in [0.15, 0.2) is 10.9 Å². The van der Waals surface area contributed by atoms with Crippen LogP contribution in [0.3, 0.4) is 0 Å². The summed E-state index contributed by atoms with van der Waals surface area (Å²) < 4.78 is 36.9. The van der Waals surface area contributed by atoms with Crippen LogP contribution in [0.25, 0.3) is 0 Å². The molecule has 1 N–H and O–H groups in total. The lowest BCUT2D eigenvalue weighted by Crippen LogP contribution is -2.16. The van der Waals surface area contributed by atoms with Crippen molar-refractivity contribution in [3.05, 3.63) is 33.5 Å². The molecule has 0 aliphatic carbocycles. The quantitative estimate of drug-likeness (QED) is 0.748. The van der Waals surface area contributed by atoms with Gasteiger partial charge in [0.05, 0.1) is 17.1 Å². The van der Waals surface area contributed by atoms with Crippen LogP contribution in [0.4, 0.5) is 13.2 Å². The number of alkyl halides is 3. The number of aromatic amines is 1. The van der Waals surface area contributed by atoms with Gasteiger partial charge in [-0.25, -0.2) is 13.2 Å². The van der Waals surface area contributed by atoms with Crippen LogP contribution in [0.5, 0.6) is 0 Å². The van der Waals surface area contributed by atoms with E-state index < -0.39 is 23.4 Å². The smallest absolute Gasteiger partial charge is 0.269 e. The van der Waals surface area contributed by atoms with E-state index in [1.807, 2.05) is 4.98 Å². The summed E-state index contributed by atoms with van der Waals surface area (Å²) in [5.74, 6) is -1.19. The summed E-state index contributed by atoms with van der Waals surface area (Å²) in [6.45, 7) is 0. The standard InChI is InChI=1S/C7H5ClF3NO/c8-2-5-4(9)1-3(6(10)11)7(13)12-5/h1,6H,2H2,(H,12,13).